The molecule has 38 valence electrons. The van der Waals surface area contributed by atoms with Crippen molar-refractivity contribution in [2.24, 2.45) is 4.40 Å². The fraction of sp³-hybridized carbons (Fsp3) is 0.333. The molecule has 0 N–H and O–H groups in total. The summed E-state index contributed by atoms with van der Waals surface area (Å²) in [5.41, 5.74) is 0. The van der Waals surface area contributed by atoms with Crippen LogP contribution in [0.15, 0.2) is 4.40 Å². The third-order valence-corrected chi connectivity index (χ3v) is 1.15. The number of ketones is 1. The highest BCUT2D eigenvalue weighted by Gasteiger charge is 2.01. The van der Waals surface area contributed by atoms with E-state index in [9.17, 15) is 4.79 Å². The van der Waals surface area contributed by atoms with Gasteiger partial charge in [-0.3, -0.25) is 4.79 Å². The quantitative estimate of drug-likeness (QED) is 0.460. The smallest absolute Gasteiger partial charge is 0.186 e. The number of Topliss-reactive ketones (excluding diaryl/α,β-unsaturated/α-hetero) is 1. The van der Waals surface area contributed by atoms with Gasteiger partial charge in [0.15, 0.2) is 5.78 Å². The molecule has 0 aromatic carbocycles. The molecule has 0 fully saturated rings. The van der Waals surface area contributed by atoms with E-state index in [1.807, 2.05) is 0 Å². The second-order valence-corrected chi connectivity index (χ2v) is 1.73. The lowest BCUT2D eigenvalue weighted by Gasteiger charge is -1.67. The van der Waals surface area contributed by atoms with Crippen LogP contribution in [0.1, 0.15) is 0 Å². The Morgan fingerprint density at radius 1 is 1.86 bits per heavy atom. The largest absolute Gasteiger partial charge is 0.292 e. The van der Waals surface area contributed by atoms with Crippen molar-refractivity contribution in [3.63, 3.8) is 0 Å². The van der Waals surface area contributed by atoms with Gasteiger partial charge in [0.05, 0.1) is 12.0 Å². The van der Waals surface area contributed by atoms with Gasteiger partial charge >= 0.3 is 0 Å². The topological polar surface area (TPSA) is 29.4 Å². The third kappa shape index (κ3) is 1.99. The number of carbonyl (C=O) groups excluding carboxylic acids is 1. The Morgan fingerprint density at radius 2 is 2.57 bits per heavy atom. The lowest BCUT2D eigenvalue weighted by molar-refractivity contribution is -0.110. The van der Waals surface area contributed by atoms with Crippen LogP contribution in [0, 0.1) is 0 Å². The van der Waals surface area contributed by atoms with Crippen LogP contribution in [-0.4, -0.2) is 17.8 Å². The molecule has 2 radical (unpaired) electrons. The Kier molecular flexibility index (Phi) is 3.11. The van der Waals surface area contributed by atoms with Gasteiger partial charge in [-0.05, 0) is 11.9 Å². The molecule has 0 amide bonds. The SMILES string of the molecule is O=C1C=NSC1.[S]. The molecular weight excluding hydrogens is 130 g/mol. The summed E-state index contributed by atoms with van der Waals surface area (Å²) in [4.78, 5) is 10.1. The monoisotopic (exact) mass is 133 g/mol. The minimum atomic E-state index is 0. The molecular formula is C3H3NOS2. The van der Waals surface area contributed by atoms with E-state index < -0.39 is 0 Å². The Bertz CT molecular complexity index is 101. The first kappa shape index (κ1) is 7.04. The van der Waals surface area contributed by atoms with Crippen LogP contribution in [-0.2, 0) is 4.79 Å². The normalized spacial score (nSPS) is 16.9. The van der Waals surface area contributed by atoms with Gasteiger partial charge in [0.2, 0.25) is 0 Å². The predicted octanol–water partition coefficient (Wildman–Crippen LogP) is 0.936. The van der Waals surface area contributed by atoms with Crippen LogP contribution in [0.25, 0.3) is 0 Å². The molecule has 1 aliphatic rings. The molecule has 1 aliphatic heterocycles. The van der Waals surface area contributed by atoms with E-state index in [1.165, 1.54) is 18.2 Å². The number of carbonyl (C=O) groups is 1. The zero-order chi connectivity index (χ0) is 4.41. The van der Waals surface area contributed by atoms with Crippen molar-refractivity contribution >= 4 is 37.4 Å². The Labute approximate surface area is 53.0 Å². The summed E-state index contributed by atoms with van der Waals surface area (Å²) in [7, 11) is 0. The molecule has 1 heterocycles. The molecule has 0 unspecified atom stereocenters. The van der Waals surface area contributed by atoms with E-state index >= 15 is 0 Å². The molecule has 7 heavy (non-hydrogen) atoms. The fourth-order valence-corrected chi connectivity index (χ4v) is 0.703. The van der Waals surface area contributed by atoms with Crippen LogP contribution in [0.3, 0.4) is 0 Å². The molecule has 0 saturated carbocycles. The van der Waals surface area contributed by atoms with E-state index in [1.54, 1.807) is 0 Å². The second kappa shape index (κ2) is 3.10. The number of rotatable bonds is 0. The van der Waals surface area contributed by atoms with Crippen molar-refractivity contribution in [2.45, 2.75) is 0 Å². The van der Waals surface area contributed by atoms with E-state index in [2.05, 4.69) is 4.40 Å². The minimum absolute atomic E-state index is 0. The molecule has 0 atom stereocenters. The summed E-state index contributed by atoms with van der Waals surface area (Å²) in [5.74, 6) is 0.667. The molecule has 0 spiro atoms. The van der Waals surface area contributed by atoms with Gasteiger partial charge in [-0.2, -0.15) is 0 Å². The van der Waals surface area contributed by atoms with E-state index in [0.717, 1.165) is 0 Å². The second-order valence-electron chi connectivity index (χ2n) is 0.974. The Hall–Kier alpha value is 0.0400. The van der Waals surface area contributed by atoms with Gasteiger partial charge in [-0.25, -0.2) is 4.40 Å². The lowest BCUT2D eigenvalue weighted by atomic mass is 10.5. The van der Waals surface area contributed by atoms with E-state index in [4.69, 9.17) is 0 Å². The van der Waals surface area contributed by atoms with Crippen molar-refractivity contribution in [3.8, 4) is 0 Å². The van der Waals surface area contributed by atoms with Gasteiger partial charge in [0, 0.05) is 13.5 Å². The van der Waals surface area contributed by atoms with Gasteiger partial charge < -0.3 is 0 Å². The molecule has 0 aromatic heterocycles. The fourth-order valence-electron chi connectivity index (χ4n) is 0.234. The van der Waals surface area contributed by atoms with Crippen LogP contribution < -0.4 is 0 Å². The maximum absolute atomic E-state index is 10.1. The molecule has 0 saturated heterocycles. The van der Waals surface area contributed by atoms with Crippen LogP contribution in [0.4, 0.5) is 0 Å². The summed E-state index contributed by atoms with van der Waals surface area (Å²) in [6, 6.07) is 0. The van der Waals surface area contributed by atoms with Gasteiger partial charge in [0.1, 0.15) is 0 Å². The zero-order valence-electron chi connectivity index (χ0n) is 3.46. The molecule has 1 rings (SSSR count). The van der Waals surface area contributed by atoms with Gasteiger partial charge in [-0.1, -0.05) is 0 Å². The average molecular weight is 133 g/mol. The molecule has 0 bridgehead atoms. The van der Waals surface area contributed by atoms with Gasteiger partial charge in [0.25, 0.3) is 0 Å². The number of hydrogen-bond donors (Lipinski definition) is 0. The summed E-state index contributed by atoms with van der Waals surface area (Å²) in [5, 5.41) is 0. The van der Waals surface area contributed by atoms with Crippen molar-refractivity contribution < 1.29 is 4.79 Å². The van der Waals surface area contributed by atoms with Crippen molar-refractivity contribution in [1.29, 1.82) is 0 Å². The van der Waals surface area contributed by atoms with Crippen LogP contribution in [0.5, 0.6) is 0 Å². The first-order valence-electron chi connectivity index (χ1n) is 1.58. The zero-order valence-corrected chi connectivity index (χ0v) is 5.09. The molecule has 2 nitrogen and oxygen atoms in total. The summed E-state index contributed by atoms with van der Waals surface area (Å²) in [6.07, 6.45) is 1.35. The highest BCUT2D eigenvalue weighted by atomic mass is 32.2. The van der Waals surface area contributed by atoms with Crippen molar-refractivity contribution in [3.05, 3.63) is 0 Å². The van der Waals surface area contributed by atoms with E-state index in [0.29, 0.717) is 5.75 Å². The lowest BCUT2D eigenvalue weighted by Crippen LogP contribution is -1.93. The van der Waals surface area contributed by atoms with E-state index in [-0.39, 0.29) is 19.3 Å². The first-order valence-corrected chi connectivity index (χ1v) is 2.52. The number of nitrogens with zero attached hydrogens (tertiary/aromatic N) is 1. The minimum Gasteiger partial charge on any atom is -0.292 e. The molecule has 4 heteroatoms. The summed E-state index contributed by atoms with van der Waals surface area (Å²) < 4.78 is 3.61. The first-order chi connectivity index (χ1) is 2.89. The Morgan fingerprint density at radius 3 is 2.71 bits per heavy atom. The van der Waals surface area contributed by atoms with Crippen LogP contribution >= 0.6 is 25.4 Å². The Balaban J connectivity index is 0.000000360. The maximum atomic E-state index is 10.1. The number of hydrogen-bond acceptors (Lipinski definition) is 3. The maximum Gasteiger partial charge on any atom is 0.186 e. The average Bonchev–Trinajstić information content (AvgIpc) is 1.86. The highest BCUT2D eigenvalue weighted by molar-refractivity contribution is 7.99. The van der Waals surface area contributed by atoms with Gasteiger partial charge in [-0.15, -0.1) is 0 Å². The van der Waals surface area contributed by atoms with Crippen LogP contribution in [0.2, 0.25) is 0 Å². The molecule has 0 aromatic rings. The standard InChI is InChI=1S/C3H3NOS.S/c5-3-1-4-6-2-3;/h1H,2H2;. The highest BCUT2D eigenvalue weighted by Crippen LogP contribution is 2.05. The summed E-state index contributed by atoms with van der Waals surface area (Å²) in [6.45, 7) is 0. The van der Waals surface area contributed by atoms with Crippen molar-refractivity contribution in [2.75, 3.05) is 5.75 Å². The third-order valence-electron chi connectivity index (χ3n) is 0.478. The predicted molar refractivity (Wildman–Crippen MR) is 33.5 cm³/mol. The summed E-state index contributed by atoms with van der Waals surface area (Å²) >= 11 is 1.30. The van der Waals surface area contributed by atoms with Crippen molar-refractivity contribution in [1.82, 2.24) is 0 Å². The molecule has 0 aliphatic carbocycles.